The number of nitrogens with zero attached hydrogens (tertiary/aromatic N) is 1. The number of unbranched alkanes of at least 4 members (excludes halogenated alkanes) is 1. The van der Waals surface area contributed by atoms with Crippen LogP contribution in [0.2, 0.25) is 0 Å². The molecule has 4 nitrogen and oxygen atoms in total. The largest absolute Gasteiger partial charge is 0.484 e. The molecule has 2 rings (SSSR count). The van der Waals surface area contributed by atoms with Gasteiger partial charge in [0.2, 0.25) is 0 Å². The Kier molecular flexibility index (Phi) is 7.02. The van der Waals surface area contributed by atoms with Crippen LogP contribution in [0, 0.1) is 6.92 Å². The van der Waals surface area contributed by atoms with Crippen molar-refractivity contribution in [2.24, 2.45) is 5.10 Å². The molecule has 2 aromatic carbocycles. The molecule has 1 N–H and O–H groups in total. The van der Waals surface area contributed by atoms with Crippen LogP contribution in [0.3, 0.4) is 0 Å². The molecule has 0 atom stereocenters. The molecule has 24 heavy (non-hydrogen) atoms. The smallest absolute Gasteiger partial charge is 0.277 e. The Morgan fingerprint density at radius 1 is 1.12 bits per heavy atom. The Bertz CT molecular complexity index is 681. The third kappa shape index (κ3) is 5.88. The number of carbonyl (C=O) groups excluding carboxylic acids is 1. The molecule has 2 aromatic rings. The summed E-state index contributed by atoms with van der Waals surface area (Å²) in [6, 6.07) is 17.5. The van der Waals surface area contributed by atoms with Gasteiger partial charge in [-0.05, 0) is 43.0 Å². The van der Waals surface area contributed by atoms with Gasteiger partial charge >= 0.3 is 0 Å². The normalized spacial score (nSPS) is 11.2. The van der Waals surface area contributed by atoms with E-state index in [1.165, 1.54) is 0 Å². The lowest BCUT2D eigenvalue weighted by Crippen LogP contribution is -2.26. The number of nitrogens with one attached hydrogen (secondary N) is 1. The Hall–Kier alpha value is -2.62. The number of ether oxygens (including phenoxy) is 1. The molecule has 0 radical (unpaired) electrons. The van der Waals surface area contributed by atoms with Crippen molar-refractivity contribution in [2.45, 2.75) is 33.1 Å². The maximum Gasteiger partial charge on any atom is 0.277 e. The number of carbonyl (C=O) groups is 1. The van der Waals surface area contributed by atoms with Crippen molar-refractivity contribution in [3.63, 3.8) is 0 Å². The minimum atomic E-state index is -0.263. The maximum atomic E-state index is 12.0. The molecule has 0 aliphatic rings. The first-order valence-corrected chi connectivity index (χ1v) is 8.29. The van der Waals surface area contributed by atoms with E-state index < -0.39 is 0 Å². The summed E-state index contributed by atoms with van der Waals surface area (Å²) in [6.07, 6.45) is 2.94. The molecule has 0 saturated heterocycles. The van der Waals surface area contributed by atoms with Gasteiger partial charge in [0.25, 0.3) is 5.91 Å². The van der Waals surface area contributed by atoms with E-state index in [2.05, 4.69) is 17.5 Å². The van der Waals surface area contributed by atoms with Gasteiger partial charge in [-0.2, -0.15) is 5.10 Å². The van der Waals surface area contributed by atoms with Gasteiger partial charge < -0.3 is 4.74 Å². The minimum absolute atomic E-state index is 0.0528. The van der Waals surface area contributed by atoms with Crippen molar-refractivity contribution >= 4 is 11.6 Å². The first kappa shape index (κ1) is 17.7. The molecular weight excluding hydrogens is 300 g/mol. The van der Waals surface area contributed by atoms with E-state index in [0.717, 1.165) is 36.1 Å². The second kappa shape index (κ2) is 9.50. The highest BCUT2D eigenvalue weighted by molar-refractivity contribution is 6.01. The van der Waals surface area contributed by atoms with Gasteiger partial charge in [-0.3, -0.25) is 4.79 Å². The Morgan fingerprint density at radius 3 is 2.62 bits per heavy atom. The van der Waals surface area contributed by atoms with Crippen molar-refractivity contribution in [3.05, 3.63) is 65.7 Å². The topological polar surface area (TPSA) is 50.7 Å². The van der Waals surface area contributed by atoms with Crippen LogP contribution in [-0.2, 0) is 4.79 Å². The molecule has 0 heterocycles. The summed E-state index contributed by atoms with van der Waals surface area (Å²) in [4.78, 5) is 12.0. The van der Waals surface area contributed by atoms with Crippen molar-refractivity contribution in [1.82, 2.24) is 5.43 Å². The molecule has 0 saturated carbocycles. The summed E-state index contributed by atoms with van der Waals surface area (Å²) in [7, 11) is 0. The average molecular weight is 324 g/mol. The van der Waals surface area contributed by atoms with Crippen LogP contribution in [0.15, 0.2) is 59.7 Å². The van der Waals surface area contributed by atoms with Gasteiger partial charge in [0.15, 0.2) is 6.61 Å². The van der Waals surface area contributed by atoms with Gasteiger partial charge in [0, 0.05) is 0 Å². The number of hydrogen-bond donors (Lipinski definition) is 1. The van der Waals surface area contributed by atoms with Crippen molar-refractivity contribution in [3.8, 4) is 5.75 Å². The second-order valence-corrected chi connectivity index (χ2v) is 5.67. The Balaban J connectivity index is 1.93. The van der Waals surface area contributed by atoms with Gasteiger partial charge in [-0.1, -0.05) is 55.8 Å². The lowest BCUT2D eigenvalue weighted by Gasteiger charge is -2.08. The standard InChI is InChI=1S/C20H24N2O2/c1-3-4-13-19(17-10-6-5-7-11-17)21-22-20(23)15-24-18-12-8-9-16(2)14-18/h5-12,14H,3-4,13,15H2,1-2H3,(H,22,23). The highest BCUT2D eigenvalue weighted by Gasteiger charge is 2.06. The first-order chi connectivity index (χ1) is 11.7. The predicted molar refractivity (Wildman–Crippen MR) is 97.3 cm³/mol. The summed E-state index contributed by atoms with van der Waals surface area (Å²) >= 11 is 0. The molecule has 0 aliphatic heterocycles. The summed E-state index contributed by atoms with van der Waals surface area (Å²) in [6.45, 7) is 4.07. The first-order valence-electron chi connectivity index (χ1n) is 8.29. The molecule has 0 unspecified atom stereocenters. The molecule has 4 heteroatoms. The molecule has 0 aromatic heterocycles. The number of hydrogen-bond acceptors (Lipinski definition) is 3. The van der Waals surface area contributed by atoms with E-state index >= 15 is 0 Å². The number of rotatable bonds is 8. The van der Waals surface area contributed by atoms with Crippen LogP contribution in [0.5, 0.6) is 5.75 Å². The molecule has 0 fully saturated rings. The highest BCUT2D eigenvalue weighted by atomic mass is 16.5. The zero-order valence-electron chi connectivity index (χ0n) is 14.3. The molecule has 0 bridgehead atoms. The lowest BCUT2D eigenvalue weighted by atomic mass is 10.1. The van der Waals surface area contributed by atoms with Crippen LogP contribution in [0.1, 0.15) is 37.3 Å². The Morgan fingerprint density at radius 2 is 1.92 bits per heavy atom. The number of aryl methyl sites for hydroxylation is 1. The van der Waals surface area contributed by atoms with Gasteiger partial charge in [0.1, 0.15) is 5.75 Å². The molecular formula is C20H24N2O2. The number of benzene rings is 2. The van der Waals surface area contributed by atoms with Crippen molar-refractivity contribution < 1.29 is 9.53 Å². The van der Waals surface area contributed by atoms with E-state index in [-0.39, 0.29) is 12.5 Å². The zero-order valence-corrected chi connectivity index (χ0v) is 14.3. The predicted octanol–water partition coefficient (Wildman–Crippen LogP) is 4.08. The fourth-order valence-corrected chi connectivity index (χ4v) is 2.26. The van der Waals surface area contributed by atoms with Crippen LogP contribution in [0.4, 0.5) is 0 Å². The summed E-state index contributed by atoms with van der Waals surface area (Å²) in [5.74, 6) is 0.421. The van der Waals surface area contributed by atoms with Gasteiger partial charge in [-0.25, -0.2) is 5.43 Å². The molecule has 1 amide bonds. The fourth-order valence-electron chi connectivity index (χ4n) is 2.26. The van der Waals surface area contributed by atoms with Crippen LogP contribution in [-0.4, -0.2) is 18.2 Å². The third-order valence-electron chi connectivity index (χ3n) is 3.55. The SMILES string of the molecule is CCCCC(=NNC(=O)COc1cccc(C)c1)c1ccccc1. The van der Waals surface area contributed by atoms with Gasteiger partial charge in [-0.15, -0.1) is 0 Å². The van der Waals surface area contributed by atoms with Crippen LogP contribution >= 0.6 is 0 Å². The molecule has 126 valence electrons. The van der Waals surface area contributed by atoms with Crippen molar-refractivity contribution in [1.29, 1.82) is 0 Å². The number of hydrazone groups is 1. The summed E-state index contributed by atoms with van der Waals surface area (Å²) < 4.78 is 5.49. The lowest BCUT2D eigenvalue weighted by molar-refractivity contribution is -0.123. The minimum Gasteiger partial charge on any atom is -0.484 e. The monoisotopic (exact) mass is 324 g/mol. The third-order valence-corrected chi connectivity index (χ3v) is 3.55. The van der Waals surface area contributed by atoms with Gasteiger partial charge in [0.05, 0.1) is 5.71 Å². The quantitative estimate of drug-likeness (QED) is 0.587. The Labute approximate surface area is 143 Å². The number of amides is 1. The van der Waals surface area contributed by atoms with Crippen LogP contribution in [0.25, 0.3) is 0 Å². The highest BCUT2D eigenvalue weighted by Crippen LogP contribution is 2.12. The summed E-state index contributed by atoms with van der Waals surface area (Å²) in [5.41, 5.74) is 5.62. The van der Waals surface area contributed by atoms with Crippen LogP contribution < -0.4 is 10.2 Å². The van der Waals surface area contributed by atoms with E-state index in [1.54, 1.807) is 0 Å². The van der Waals surface area contributed by atoms with E-state index in [9.17, 15) is 4.79 Å². The zero-order chi connectivity index (χ0) is 17.2. The average Bonchev–Trinajstić information content (AvgIpc) is 2.61. The fraction of sp³-hybridized carbons (Fsp3) is 0.300. The van der Waals surface area contributed by atoms with Crippen molar-refractivity contribution in [2.75, 3.05) is 6.61 Å². The van der Waals surface area contributed by atoms with E-state index in [0.29, 0.717) is 5.75 Å². The summed E-state index contributed by atoms with van der Waals surface area (Å²) in [5, 5.41) is 4.30. The van der Waals surface area contributed by atoms with E-state index in [1.807, 2.05) is 61.5 Å². The molecule has 0 spiro atoms. The molecule has 0 aliphatic carbocycles. The maximum absolute atomic E-state index is 12.0. The van der Waals surface area contributed by atoms with E-state index in [4.69, 9.17) is 4.74 Å². The second-order valence-electron chi connectivity index (χ2n) is 5.67.